The molecule has 1 heterocycles. The van der Waals surface area contributed by atoms with Crippen LogP contribution in [0.1, 0.15) is 17.0 Å². The Balaban J connectivity index is 1.85. The van der Waals surface area contributed by atoms with Crippen molar-refractivity contribution in [2.75, 3.05) is 20.3 Å². The van der Waals surface area contributed by atoms with Gasteiger partial charge in [0.15, 0.2) is 0 Å². The molecule has 1 aliphatic carbocycles. The molecule has 0 saturated heterocycles. The SMILES string of the molecule is COc1ccc(C2C3=C([Se]C)COCC3=C2c2ccccc2)cc1. The third kappa shape index (κ3) is 2.53. The summed E-state index contributed by atoms with van der Waals surface area (Å²) >= 11 is 0.480. The molecule has 2 nitrogen and oxygen atoms in total. The van der Waals surface area contributed by atoms with Crippen LogP contribution >= 0.6 is 0 Å². The Hall–Kier alpha value is -1.80. The van der Waals surface area contributed by atoms with E-state index in [1.807, 2.05) is 0 Å². The molecule has 0 N–H and O–H groups in total. The van der Waals surface area contributed by atoms with Gasteiger partial charge in [0.2, 0.25) is 0 Å². The fraction of sp³-hybridized carbons (Fsp3) is 0.238. The number of benzene rings is 2. The van der Waals surface area contributed by atoms with Crippen LogP contribution in [0.2, 0.25) is 5.82 Å². The Morgan fingerprint density at radius 3 is 2.38 bits per heavy atom. The van der Waals surface area contributed by atoms with Gasteiger partial charge in [-0.3, -0.25) is 0 Å². The van der Waals surface area contributed by atoms with Gasteiger partial charge >= 0.3 is 149 Å². The molecule has 3 heteroatoms. The van der Waals surface area contributed by atoms with Gasteiger partial charge in [0.25, 0.3) is 0 Å². The first-order chi connectivity index (χ1) is 11.8. The summed E-state index contributed by atoms with van der Waals surface area (Å²) in [5, 5.41) is 0. The van der Waals surface area contributed by atoms with E-state index < -0.39 is 0 Å². The number of allylic oxidation sites excluding steroid dienone is 1. The summed E-state index contributed by atoms with van der Waals surface area (Å²) in [7, 11) is 1.71. The van der Waals surface area contributed by atoms with E-state index in [1.54, 1.807) is 7.11 Å². The summed E-state index contributed by atoms with van der Waals surface area (Å²) in [4.78, 5) is 0. The first-order valence-electron chi connectivity index (χ1n) is 8.11. The van der Waals surface area contributed by atoms with Crippen molar-refractivity contribution in [3.05, 3.63) is 81.3 Å². The molecular formula is C21H20O2Se. The predicted octanol–water partition coefficient (Wildman–Crippen LogP) is 4.28. The molecule has 2 aromatic carbocycles. The molecule has 0 aromatic heterocycles. The van der Waals surface area contributed by atoms with Crippen molar-refractivity contribution in [1.82, 2.24) is 0 Å². The van der Waals surface area contributed by atoms with E-state index in [0.29, 0.717) is 20.9 Å². The number of hydrogen-bond acceptors (Lipinski definition) is 2. The number of ether oxygens (including phenoxy) is 2. The summed E-state index contributed by atoms with van der Waals surface area (Å²) < 4.78 is 12.7. The number of rotatable bonds is 4. The molecular weight excluding hydrogens is 363 g/mol. The summed E-state index contributed by atoms with van der Waals surface area (Å²) in [6.45, 7) is 1.54. The van der Waals surface area contributed by atoms with Crippen molar-refractivity contribution in [3.8, 4) is 5.75 Å². The van der Waals surface area contributed by atoms with Crippen LogP contribution in [0, 0.1) is 0 Å². The van der Waals surface area contributed by atoms with E-state index in [2.05, 4.69) is 60.4 Å². The molecule has 24 heavy (non-hydrogen) atoms. The van der Waals surface area contributed by atoms with Gasteiger partial charge in [-0.2, -0.15) is 0 Å². The zero-order valence-corrected chi connectivity index (χ0v) is 15.6. The van der Waals surface area contributed by atoms with Crippen molar-refractivity contribution in [3.63, 3.8) is 0 Å². The minimum atomic E-state index is 0.369. The molecule has 1 atom stereocenters. The molecule has 0 saturated carbocycles. The molecule has 0 spiro atoms. The van der Waals surface area contributed by atoms with Gasteiger partial charge in [0.1, 0.15) is 0 Å². The molecule has 0 radical (unpaired) electrons. The van der Waals surface area contributed by atoms with Gasteiger partial charge < -0.3 is 0 Å². The maximum absolute atomic E-state index is 5.86. The van der Waals surface area contributed by atoms with Crippen LogP contribution in [0.15, 0.2) is 70.2 Å². The zero-order valence-electron chi connectivity index (χ0n) is 13.9. The van der Waals surface area contributed by atoms with Gasteiger partial charge in [0, 0.05) is 0 Å². The van der Waals surface area contributed by atoms with E-state index in [0.717, 1.165) is 19.0 Å². The molecule has 2 aromatic rings. The van der Waals surface area contributed by atoms with Crippen LogP contribution in [0.3, 0.4) is 0 Å². The van der Waals surface area contributed by atoms with E-state index in [4.69, 9.17) is 9.47 Å². The van der Waals surface area contributed by atoms with Crippen LogP contribution < -0.4 is 4.74 Å². The number of fused-ring (bicyclic) bond motifs is 1. The van der Waals surface area contributed by atoms with E-state index in [-0.39, 0.29) is 0 Å². The van der Waals surface area contributed by atoms with Crippen molar-refractivity contribution >= 4 is 20.5 Å². The number of methoxy groups -OCH3 is 1. The van der Waals surface area contributed by atoms with Gasteiger partial charge in [-0.1, -0.05) is 0 Å². The first kappa shape index (κ1) is 15.7. The summed E-state index contributed by atoms with van der Waals surface area (Å²) in [6, 6.07) is 19.2. The molecule has 0 amide bonds. The summed E-state index contributed by atoms with van der Waals surface area (Å²) in [5.74, 6) is 3.56. The Labute approximate surface area is 149 Å². The topological polar surface area (TPSA) is 18.5 Å². The standard InChI is InChI=1S/C21H20O2Se/c1-22-16-10-8-15(9-11-16)20-19(14-6-4-3-5-7-14)17-12-23-13-18(24-2)21(17)20/h3-11,20H,12-13H2,1-2H3. The Morgan fingerprint density at radius 2 is 1.71 bits per heavy atom. The molecule has 0 bridgehead atoms. The van der Waals surface area contributed by atoms with Gasteiger partial charge in [-0.25, -0.2) is 0 Å². The fourth-order valence-corrected chi connectivity index (χ4v) is 5.01. The predicted molar refractivity (Wildman–Crippen MR) is 98.6 cm³/mol. The summed E-state index contributed by atoms with van der Waals surface area (Å²) in [6.07, 6.45) is 0. The van der Waals surface area contributed by atoms with Crippen molar-refractivity contribution < 1.29 is 9.47 Å². The Bertz CT molecular complexity index is 803. The van der Waals surface area contributed by atoms with Crippen LogP contribution in [-0.2, 0) is 4.74 Å². The van der Waals surface area contributed by atoms with Gasteiger partial charge in [-0.05, 0) is 0 Å². The number of hydrogen-bond donors (Lipinski definition) is 0. The summed E-state index contributed by atoms with van der Waals surface area (Å²) in [5.41, 5.74) is 7.03. The third-order valence-electron chi connectivity index (χ3n) is 4.79. The third-order valence-corrected chi connectivity index (χ3v) is 6.53. The van der Waals surface area contributed by atoms with Crippen LogP contribution in [0.25, 0.3) is 5.57 Å². The average molecular weight is 383 g/mol. The van der Waals surface area contributed by atoms with Crippen molar-refractivity contribution in [2.24, 2.45) is 0 Å². The average Bonchev–Trinajstić information content (AvgIpc) is 2.64. The van der Waals surface area contributed by atoms with Crippen LogP contribution in [0.5, 0.6) is 5.75 Å². The normalized spacial score (nSPS) is 19.8. The first-order valence-corrected chi connectivity index (χ1v) is 10.7. The monoisotopic (exact) mass is 384 g/mol. The van der Waals surface area contributed by atoms with E-state index >= 15 is 0 Å². The van der Waals surface area contributed by atoms with E-state index in [1.165, 1.54) is 32.3 Å². The van der Waals surface area contributed by atoms with Gasteiger partial charge in [0.05, 0.1) is 0 Å². The molecule has 1 aliphatic heterocycles. The maximum atomic E-state index is 5.86. The second kappa shape index (κ2) is 6.60. The Kier molecular flexibility index (Phi) is 4.32. The fourth-order valence-electron chi connectivity index (χ4n) is 3.63. The molecule has 1 unspecified atom stereocenters. The van der Waals surface area contributed by atoms with Crippen molar-refractivity contribution in [1.29, 1.82) is 0 Å². The minimum absolute atomic E-state index is 0.369. The molecule has 0 fully saturated rings. The Morgan fingerprint density at radius 1 is 0.958 bits per heavy atom. The second-order valence-electron chi connectivity index (χ2n) is 6.00. The van der Waals surface area contributed by atoms with Crippen LogP contribution in [0.4, 0.5) is 0 Å². The molecule has 2 aliphatic rings. The van der Waals surface area contributed by atoms with Crippen LogP contribution in [-0.4, -0.2) is 35.3 Å². The zero-order chi connectivity index (χ0) is 16.5. The van der Waals surface area contributed by atoms with E-state index in [9.17, 15) is 0 Å². The van der Waals surface area contributed by atoms with Gasteiger partial charge in [-0.15, -0.1) is 0 Å². The molecule has 122 valence electrons. The quantitative estimate of drug-likeness (QED) is 0.734. The molecule has 4 rings (SSSR count). The van der Waals surface area contributed by atoms with Crippen molar-refractivity contribution in [2.45, 2.75) is 11.7 Å². The second-order valence-corrected chi connectivity index (χ2v) is 7.89.